The van der Waals surface area contributed by atoms with E-state index in [1.54, 1.807) is 10.7 Å². The van der Waals surface area contributed by atoms with Gasteiger partial charge in [-0.1, -0.05) is 39.0 Å². The second kappa shape index (κ2) is 7.72. The largest absolute Gasteiger partial charge is 0.337 e. The van der Waals surface area contributed by atoms with Crippen LogP contribution in [0.5, 0.6) is 0 Å². The van der Waals surface area contributed by atoms with Crippen molar-refractivity contribution in [2.75, 3.05) is 18.4 Å². The molecule has 2 amide bonds. The number of para-hydroxylation sites is 1. The summed E-state index contributed by atoms with van der Waals surface area (Å²) in [5.41, 5.74) is 1.17. The summed E-state index contributed by atoms with van der Waals surface area (Å²) in [5, 5.41) is 7.38. The van der Waals surface area contributed by atoms with Crippen LogP contribution >= 0.6 is 0 Å². The average Bonchev–Trinajstić information content (AvgIpc) is 3.06. The minimum atomic E-state index is -0.156. The number of likely N-dealkylation sites (tertiary alicyclic amines) is 1. The number of nitrogens with one attached hydrogen (secondary N) is 1. The van der Waals surface area contributed by atoms with Gasteiger partial charge in [-0.3, -0.25) is 9.59 Å². The normalized spacial score (nSPS) is 15.3. The molecule has 0 spiro atoms. The van der Waals surface area contributed by atoms with Crippen molar-refractivity contribution >= 4 is 17.6 Å². The van der Waals surface area contributed by atoms with Crippen molar-refractivity contribution in [1.29, 1.82) is 0 Å². The lowest BCUT2D eigenvalue weighted by Gasteiger charge is -2.29. The summed E-state index contributed by atoms with van der Waals surface area (Å²) >= 11 is 0. The molecule has 6 nitrogen and oxygen atoms in total. The maximum Gasteiger partial charge on any atom is 0.274 e. The zero-order valence-corrected chi connectivity index (χ0v) is 15.6. The first-order chi connectivity index (χ1) is 12.5. The van der Waals surface area contributed by atoms with Gasteiger partial charge in [0.05, 0.1) is 5.69 Å². The lowest BCUT2D eigenvalue weighted by Crippen LogP contribution is -2.38. The first-order valence-corrected chi connectivity index (χ1v) is 9.21. The number of amides is 2. The van der Waals surface area contributed by atoms with Crippen LogP contribution in [0.2, 0.25) is 0 Å². The Morgan fingerprint density at radius 3 is 2.42 bits per heavy atom. The molecule has 1 saturated heterocycles. The molecule has 0 aliphatic carbocycles. The quantitative estimate of drug-likeness (QED) is 0.916. The van der Waals surface area contributed by atoms with Crippen molar-refractivity contribution in [1.82, 2.24) is 14.7 Å². The molecule has 1 N–H and O–H groups in total. The van der Waals surface area contributed by atoms with Gasteiger partial charge in [0.1, 0.15) is 5.82 Å². The third kappa shape index (κ3) is 3.95. The number of carbonyl (C=O) groups is 2. The highest BCUT2D eigenvalue weighted by Crippen LogP contribution is 2.22. The molecule has 0 saturated carbocycles. The summed E-state index contributed by atoms with van der Waals surface area (Å²) in [6.45, 7) is 7.39. The molecular weight excluding hydrogens is 328 g/mol. The van der Waals surface area contributed by atoms with Gasteiger partial charge in [0.2, 0.25) is 5.91 Å². The lowest BCUT2D eigenvalue weighted by atomic mass is 9.99. The molecule has 0 radical (unpaired) electrons. The van der Waals surface area contributed by atoms with Gasteiger partial charge in [0.25, 0.3) is 5.91 Å². The molecule has 0 unspecified atom stereocenters. The maximum absolute atomic E-state index is 12.9. The number of aromatic nitrogens is 2. The molecule has 1 aromatic heterocycles. The van der Waals surface area contributed by atoms with Crippen LogP contribution < -0.4 is 5.32 Å². The second-order valence-electron chi connectivity index (χ2n) is 7.28. The van der Waals surface area contributed by atoms with Crippen LogP contribution in [-0.2, 0) is 4.79 Å². The fourth-order valence-electron chi connectivity index (χ4n) is 2.98. The van der Waals surface area contributed by atoms with E-state index in [1.165, 1.54) is 0 Å². The Morgan fingerprint density at radius 2 is 1.81 bits per heavy atom. The van der Waals surface area contributed by atoms with Gasteiger partial charge in [0, 0.05) is 25.1 Å². The summed E-state index contributed by atoms with van der Waals surface area (Å²) in [7, 11) is 0. The summed E-state index contributed by atoms with van der Waals surface area (Å²) in [6, 6.07) is 11.2. The lowest BCUT2D eigenvalue weighted by molar-refractivity contribution is -0.118. The van der Waals surface area contributed by atoms with E-state index in [1.807, 2.05) is 49.1 Å². The van der Waals surface area contributed by atoms with E-state index < -0.39 is 0 Å². The molecule has 26 heavy (non-hydrogen) atoms. The molecule has 1 aliphatic heterocycles. The molecular formula is C20H26N4O2. The Kier molecular flexibility index (Phi) is 5.40. The first-order valence-electron chi connectivity index (χ1n) is 9.21. The first kappa shape index (κ1) is 18.2. The van der Waals surface area contributed by atoms with E-state index in [9.17, 15) is 9.59 Å². The summed E-state index contributed by atoms with van der Waals surface area (Å²) in [4.78, 5) is 26.9. The van der Waals surface area contributed by atoms with E-state index >= 15 is 0 Å². The van der Waals surface area contributed by atoms with Crippen molar-refractivity contribution in [3.63, 3.8) is 0 Å². The van der Waals surface area contributed by atoms with E-state index in [0.717, 1.165) is 31.6 Å². The van der Waals surface area contributed by atoms with Gasteiger partial charge >= 0.3 is 0 Å². The highest BCUT2D eigenvalue weighted by molar-refractivity contribution is 5.96. The highest BCUT2D eigenvalue weighted by atomic mass is 16.2. The molecule has 2 heterocycles. The van der Waals surface area contributed by atoms with Gasteiger partial charge in [-0.2, -0.15) is 5.10 Å². The monoisotopic (exact) mass is 354 g/mol. The van der Waals surface area contributed by atoms with Crippen LogP contribution in [0.3, 0.4) is 0 Å². The number of nitrogens with zero attached hydrogens (tertiary/aromatic N) is 3. The number of anilines is 1. The Labute approximate surface area is 154 Å². The molecule has 0 atom stereocenters. The van der Waals surface area contributed by atoms with Crippen molar-refractivity contribution < 1.29 is 9.59 Å². The van der Waals surface area contributed by atoms with E-state index in [4.69, 9.17) is 0 Å². The highest BCUT2D eigenvalue weighted by Gasteiger charge is 2.25. The van der Waals surface area contributed by atoms with Crippen LogP contribution in [-0.4, -0.2) is 39.6 Å². The summed E-state index contributed by atoms with van der Waals surface area (Å²) in [6.07, 6.45) is 2.03. The van der Waals surface area contributed by atoms with Crippen molar-refractivity contribution in [2.45, 2.75) is 33.6 Å². The molecule has 3 rings (SSSR count). The zero-order valence-electron chi connectivity index (χ0n) is 15.6. The van der Waals surface area contributed by atoms with Crippen LogP contribution in [0, 0.1) is 11.8 Å². The van der Waals surface area contributed by atoms with Gasteiger partial charge in [-0.15, -0.1) is 0 Å². The Hall–Kier alpha value is -2.63. The van der Waals surface area contributed by atoms with E-state index in [2.05, 4.69) is 17.3 Å². The van der Waals surface area contributed by atoms with Gasteiger partial charge < -0.3 is 10.2 Å². The van der Waals surface area contributed by atoms with Crippen LogP contribution in [0.4, 0.5) is 5.82 Å². The number of benzene rings is 1. The minimum absolute atomic E-state index is 0.0772. The molecule has 1 fully saturated rings. The van der Waals surface area contributed by atoms with Crippen LogP contribution in [0.1, 0.15) is 44.1 Å². The van der Waals surface area contributed by atoms with Crippen molar-refractivity contribution in [3.05, 3.63) is 42.1 Å². The molecule has 1 aromatic carbocycles. The number of hydrogen-bond donors (Lipinski definition) is 1. The Bertz CT molecular complexity index is 774. The predicted octanol–water partition coefficient (Wildman–Crippen LogP) is 3.34. The summed E-state index contributed by atoms with van der Waals surface area (Å²) < 4.78 is 1.63. The van der Waals surface area contributed by atoms with Crippen molar-refractivity contribution in [2.24, 2.45) is 11.8 Å². The Balaban J connectivity index is 1.90. The summed E-state index contributed by atoms with van der Waals surface area (Å²) in [5.74, 6) is 0.835. The number of hydrogen-bond acceptors (Lipinski definition) is 3. The predicted molar refractivity (Wildman–Crippen MR) is 101 cm³/mol. The number of rotatable bonds is 4. The van der Waals surface area contributed by atoms with Gasteiger partial charge in [-0.05, 0) is 30.9 Å². The molecule has 2 aromatic rings. The molecule has 1 aliphatic rings. The van der Waals surface area contributed by atoms with Crippen LogP contribution in [0.25, 0.3) is 5.69 Å². The second-order valence-corrected chi connectivity index (χ2v) is 7.28. The SMILES string of the molecule is CC1CCN(C(=O)c2cc(NC(=O)C(C)C)n(-c3ccccc3)n2)CC1. The van der Waals surface area contributed by atoms with E-state index in [-0.39, 0.29) is 17.7 Å². The smallest absolute Gasteiger partial charge is 0.274 e. The Morgan fingerprint density at radius 1 is 1.15 bits per heavy atom. The van der Waals surface area contributed by atoms with Crippen LogP contribution in [0.15, 0.2) is 36.4 Å². The number of carbonyl (C=O) groups excluding carboxylic acids is 2. The fraction of sp³-hybridized carbons (Fsp3) is 0.450. The third-order valence-electron chi connectivity index (χ3n) is 4.78. The standard InChI is InChI=1S/C20H26N4O2/c1-14(2)19(25)21-18-13-17(20(26)23-11-9-15(3)10-12-23)22-24(18)16-7-5-4-6-8-16/h4-8,13-15H,9-12H2,1-3H3,(H,21,25). The minimum Gasteiger partial charge on any atom is -0.337 e. The topological polar surface area (TPSA) is 67.2 Å². The third-order valence-corrected chi connectivity index (χ3v) is 4.78. The average molecular weight is 354 g/mol. The number of piperidine rings is 1. The molecule has 6 heteroatoms. The molecule has 138 valence electrons. The van der Waals surface area contributed by atoms with E-state index in [0.29, 0.717) is 17.4 Å². The fourth-order valence-corrected chi connectivity index (χ4v) is 2.98. The van der Waals surface area contributed by atoms with Crippen molar-refractivity contribution in [3.8, 4) is 5.69 Å². The zero-order chi connectivity index (χ0) is 18.7. The van der Waals surface area contributed by atoms with Gasteiger partial charge in [0.15, 0.2) is 5.69 Å². The molecule has 0 bridgehead atoms. The van der Waals surface area contributed by atoms with Gasteiger partial charge in [-0.25, -0.2) is 4.68 Å². The maximum atomic E-state index is 12.9.